The van der Waals surface area contributed by atoms with Crippen LogP contribution in [0.4, 0.5) is 0 Å². The van der Waals surface area contributed by atoms with Gasteiger partial charge in [-0.2, -0.15) is 0 Å². The molecule has 0 aliphatic heterocycles. The van der Waals surface area contributed by atoms with Crippen molar-refractivity contribution < 1.29 is 4.79 Å². The monoisotopic (exact) mass is 170 g/mol. The topological polar surface area (TPSA) is 17.1 Å². The minimum Gasteiger partial charge on any atom is -0.303 e. The standard InChI is InChI=1S/C8H16.C3H6O/c1-2-8-6-4-3-5-7-8;1-2-3-4/h8H,2-7H2,1H3;3H,2H2,1H3. The number of aldehydes is 1. The van der Waals surface area contributed by atoms with Crippen LogP contribution in [0.15, 0.2) is 0 Å². The van der Waals surface area contributed by atoms with E-state index in [4.69, 9.17) is 0 Å². The van der Waals surface area contributed by atoms with Crippen LogP contribution in [-0.2, 0) is 4.79 Å². The van der Waals surface area contributed by atoms with Gasteiger partial charge in [-0.1, -0.05) is 52.4 Å². The van der Waals surface area contributed by atoms with Crippen molar-refractivity contribution in [1.82, 2.24) is 0 Å². The molecular weight excluding hydrogens is 148 g/mol. The second-order valence-electron chi connectivity index (χ2n) is 3.49. The molecule has 1 saturated carbocycles. The van der Waals surface area contributed by atoms with Gasteiger partial charge in [0, 0.05) is 6.42 Å². The van der Waals surface area contributed by atoms with Crippen molar-refractivity contribution in [2.45, 2.75) is 58.8 Å². The Hall–Kier alpha value is -0.330. The molecule has 0 aromatic carbocycles. The van der Waals surface area contributed by atoms with E-state index in [9.17, 15) is 4.79 Å². The first kappa shape index (κ1) is 11.7. The zero-order chi connectivity index (χ0) is 9.23. The van der Waals surface area contributed by atoms with Crippen LogP contribution in [0.3, 0.4) is 0 Å². The molecule has 1 aliphatic carbocycles. The molecule has 0 amide bonds. The number of hydrogen-bond acceptors (Lipinski definition) is 1. The average Bonchev–Trinajstić information content (AvgIpc) is 2.19. The maximum absolute atomic E-state index is 9.17. The van der Waals surface area contributed by atoms with Gasteiger partial charge >= 0.3 is 0 Å². The maximum Gasteiger partial charge on any atom is 0.119 e. The lowest BCUT2D eigenvalue weighted by Crippen LogP contribution is -2.03. The van der Waals surface area contributed by atoms with Crippen molar-refractivity contribution in [3.63, 3.8) is 0 Å². The van der Waals surface area contributed by atoms with Crippen LogP contribution in [0.2, 0.25) is 0 Å². The molecule has 0 saturated heterocycles. The summed E-state index contributed by atoms with van der Waals surface area (Å²) in [6, 6.07) is 0. The fraction of sp³-hybridized carbons (Fsp3) is 0.909. The van der Waals surface area contributed by atoms with Crippen molar-refractivity contribution in [3.05, 3.63) is 0 Å². The highest BCUT2D eigenvalue weighted by Gasteiger charge is 2.09. The van der Waals surface area contributed by atoms with Gasteiger partial charge in [0.2, 0.25) is 0 Å². The number of carbonyl (C=O) groups excluding carboxylic acids is 1. The molecule has 12 heavy (non-hydrogen) atoms. The van der Waals surface area contributed by atoms with E-state index < -0.39 is 0 Å². The maximum atomic E-state index is 9.17. The molecule has 1 fully saturated rings. The SMILES string of the molecule is CCC1CCCCC1.CCC=O. The number of carbonyl (C=O) groups is 1. The van der Waals surface area contributed by atoms with Crippen molar-refractivity contribution in [2.24, 2.45) is 5.92 Å². The summed E-state index contributed by atoms with van der Waals surface area (Å²) in [5.74, 6) is 1.09. The van der Waals surface area contributed by atoms with Crippen LogP contribution in [0.25, 0.3) is 0 Å². The van der Waals surface area contributed by atoms with Crippen LogP contribution in [0, 0.1) is 5.92 Å². The molecule has 0 N–H and O–H groups in total. The Labute approximate surface area is 76.6 Å². The highest BCUT2D eigenvalue weighted by Crippen LogP contribution is 2.25. The minimum atomic E-state index is 0.639. The van der Waals surface area contributed by atoms with E-state index >= 15 is 0 Å². The van der Waals surface area contributed by atoms with Crippen LogP contribution < -0.4 is 0 Å². The van der Waals surface area contributed by atoms with Crippen molar-refractivity contribution in [1.29, 1.82) is 0 Å². The molecular formula is C11H22O. The fourth-order valence-electron chi connectivity index (χ4n) is 1.60. The first-order chi connectivity index (χ1) is 5.85. The van der Waals surface area contributed by atoms with Gasteiger partial charge in [0.05, 0.1) is 0 Å². The average molecular weight is 170 g/mol. The van der Waals surface area contributed by atoms with Crippen LogP contribution >= 0.6 is 0 Å². The van der Waals surface area contributed by atoms with Gasteiger partial charge in [0.15, 0.2) is 0 Å². The first-order valence-corrected chi connectivity index (χ1v) is 5.28. The van der Waals surface area contributed by atoms with Gasteiger partial charge < -0.3 is 4.79 Å². The van der Waals surface area contributed by atoms with Crippen LogP contribution in [0.5, 0.6) is 0 Å². The molecule has 0 unspecified atom stereocenters. The lowest BCUT2D eigenvalue weighted by Gasteiger charge is -2.18. The smallest absolute Gasteiger partial charge is 0.119 e. The largest absolute Gasteiger partial charge is 0.303 e. The van der Waals surface area contributed by atoms with Gasteiger partial charge in [-0.05, 0) is 5.92 Å². The Morgan fingerprint density at radius 1 is 1.17 bits per heavy atom. The minimum absolute atomic E-state index is 0.639. The molecule has 0 heterocycles. The molecule has 1 heteroatoms. The third-order valence-corrected chi connectivity index (χ3v) is 2.47. The Balaban J connectivity index is 0.000000261. The van der Waals surface area contributed by atoms with E-state index in [0.29, 0.717) is 6.42 Å². The Kier molecular flexibility index (Phi) is 8.52. The van der Waals surface area contributed by atoms with E-state index in [1.807, 2.05) is 6.92 Å². The summed E-state index contributed by atoms with van der Waals surface area (Å²) in [7, 11) is 0. The summed E-state index contributed by atoms with van der Waals surface area (Å²) >= 11 is 0. The van der Waals surface area contributed by atoms with Crippen molar-refractivity contribution in [2.75, 3.05) is 0 Å². The van der Waals surface area contributed by atoms with Gasteiger partial charge in [-0.25, -0.2) is 0 Å². The predicted molar refractivity (Wildman–Crippen MR) is 53.2 cm³/mol. The molecule has 72 valence electrons. The number of hydrogen-bond donors (Lipinski definition) is 0. The zero-order valence-electron chi connectivity index (χ0n) is 8.51. The van der Waals surface area contributed by atoms with Gasteiger partial charge in [0.1, 0.15) is 6.29 Å². The predicted octanol–water partition coefficient (Wildman–Crippen LogP) is 3.57. The molecule has 1 nitrogen and oxygen atoms in total. The Morgan fingerprint density at radius 3 is 1.92 bits per heavy atom. The third-order valence-electron chi connectivity index (χ3n) is 2.47. The molecule has 0 bridgehead atoms. The van der Waals surface area contributed by atoms with E-state index in [-0.39, 0.29) is 0 Å². The van der Waals surface area contributed by atoms with Crippen molar-refractivity contribution >= 4 is 6.29 Å². The Bertz CT molecular complexity index is 93.2. The summed E-state index contributed by atoms with van der Waals surface area (Å²) in [4.78, 5) is 9.17. The highest BCUT2D eigenvalue weighted by molar-refractivity contribution is 5.48. The van der Waals surface area contributed by atoms with E-state index in [0.717, 1.165) is 12.2 Å². The lowest BCUT2D eigenvalue weighted by atomic mass is 9.88. The second kappa shape index (κ2) is 8.76. The lowest BCUT2D eigenvalue weighted by molar-refractivity contribution is -0.107. The van der Waals surface area contributed by atoms with E-state index in [1.54, 1.807) is 0 Å². The molecule has 0 atom stereocenters. The number of rotatable bonds is 2. The highest BCUT2D eigenvalue weighted by atomic mass is 16.1. The quantitative estimate of drug-likeness (QED) is 0.579. The first-order valence-electron chi connectivity index (χ1n) is 5.28. The summed E-state index contributed by atoms with van der Waals surface area (Å²) in [6.45, 7) is 4.13. The summed E-state index contributed by atoms with van der Waals surface area (Å²) in [5, 5.41) is 0. The van der Waals surface area contributed by atoms with E-state index in [2.05, 4.69) is 6.92 Å². The summed E-state index contributed by atoms with van der Waals surface area (Å²) < 4.78 is 0. The molecule has 0 radical (unpaired) electrons. The van der Waals surface area contributed by atoms with Crippen molar-refractivity contribution in [3.8, 4) is 0 Å². The summed E-state index contributed by atoms with van der Waals surface area (Å²) in [5.41, 5.74) is 0. The zero-order valence-corrected chi connectivity index (χ0v) is 8.51. The Morgan fingerprint density at radius 2 is 1.67 bits per heavy atom. The second-order valence-corrected chi connectivity index (χ2v) is 3.49. The fourth-order valence-corrected chi connectivity index (χ4v) is 1.60. The van der Waals surface area contributed by atoms with Crippen LogP contribution in [0.1, 0.15) is 58.8 Å². The van der Waals surface area contributed by atoms with Gasteiger partial charge in [0.25, 0.3) is 0 Å². The third kappa shape index (κ3) is 6.38. The molecule has 0 spiro atoms. The van der Waals surface area contributed by atoms with Gasteiger partial charge in [-0.15, -0.1) is 0 Å². The summed E-state index contributed by atoms with van der Waals surface area (Å²) in [6.07, 6.45) is 10.4. The normalized spacial score (nSPS) is 17.8. The van der Waals surface area contributed by atoms with E-state index in [1.165, 1.54) is 38.5 Å². The molecule has 0 aromatic rings. The van der Waals surface area contributed by atoms with Crippen LogP contribution in [-0.4, -0.2) is 6.29 Å². The van der Waals surface area contributed by atoms with Gasteiger partial charge in [-0.3, -0.25) is 0 Å². The molecule has 1 rings (SSSR count). The molecule has 1 aliphatic rings. The molecule has 0 aromatic heterocycles.